The topological polar surface area (TPSA) is 87.8 Å². The molecule has 0 aliphatic carbocycles. The average Bonchev–Trinajstić information content (AvgIpc) is 2.77. The Morgan fingerprint density at radius 1 is 1.42 bits per heavy atom. The van der Waals surface area contributed by atoms with E-state index in [4.69, 9.17) is 4.52 Å². The summed E-state index contributed by atoms with van der Waals surface area (Å²) in [5.41, 5.74) is 1.81. The molecular formula is C15H27IN4O3S. The third-order valence-electron chi connectivity index (χ3n) is 4.25. The van der Waals surface area contributed by atoms with Gasteiger partial charge in [-0.25, -0.2) is 13.4 Å². The maximum Gasteiger partial charge on any atom is 0.194 e. The summed E-state index contributed by atoms with van der Waals surface area (Å²) in [6.07, 6.45) is 0. The highest BCUT2D eigenvalue weighted by atomic mass is 127. The van der Waals surface area contributed by atoms with Gasteiger partial charge < -0.3 is 14.7 Å². The van der Waals surface area contributed by atoms with Crippen molar-refractivity contribution in [2.45, 2.75) is 45.9 Å². The smallest absolute Gasteiger partial charge is 0.194 e. The molecule has 0 spiro atoms. The van der Waals surface area contributed by atoms with Crippen LogP contribution in [0.1, 0.15) is 37.8 Å². The van der Waals surface area contributed by atoms with Crippen LogP contribution in [0.25, 0.3) is 0 Å². The summed E-state index contributed by atoms with van der Waals surface area (Å²) in [6.45, 7) is 11.4. The van der Waals surface area contributed by atoms with Gasteiger partial charge >= 0.3 is 0 Å². The molecule has 138 valence electrons. The zero-order valence-electron chi connectivity index (χ0n) is 14.9. The molecule has 2 rings (SSSR count). The Bertz CT molecular complexity index is 678. The van der Waals surface area contributed by atoms with Crippen LogP contribution in [0.5, 0.6) is 0 Å². The summed E-state index contributed by atoms with van der Waals surface area (Å²) in [7, 11) is -3.06. The lowest BCUT2D eigenvalue weighted by molar-refractivity contribution is 0.353. The number of rotatable bonds is 3. The van der Waals surface area contributed by atoms with Crippen LogP contribution in [0.4, 0.5) is 0 Å². The summed E-state index contributed by atoms with van der Waals surface area (Å²) in [4.78, 5) is 6.67. The van der Waals surface area contributed by atoms with Crippen LogP contribution in [0.2, 0.25) is 0 Å². The van der Waals surface area contributed by atoms with Crippen LogP contribution in [-0.2, 0) is 16.4 Å². The first-order chi connectivity index (χ1) is 10.7. The molecule has 0 radical (unpaired) electrons. The van der Waals surface area contributed by atoms with Gasteiger partial charge in [-0.15, -0.1) is 24.0 Å². The van der Waals surface area contributed by atoms with Crippen molar-refractivity contribution in [3.63, 3.8) is 0 Å². The van der Waals surface area contributed by atoms with E-state index in [1.807, 2.05) is 25.7 Å². The monoisotopic (exact) mass is 470 g/mol. The van der Waals surface area contributed by atoms with Crippen molar-refractivity contribution in [2.75, 3.05) is 25.4 Å². The van der Waals surface area contributed by atoms with E-state index in [-0.39, 0.29) is 29.7 Å². The Kier molecular flexibility index (Phi) is 7.09. The molecule has 7 nitrogen and oxygen atoms in total. The molecule has 1 saturated heterocycles. The number of sulfone groups is 1. The highest BCUT2D eigenvalue weighted by Gasteiger charge is 2.40. The second-order valence-corrected chi connectivity index (χ2v) is 9.22. The normalized spacial score (nSPS) is 19.7. The molecule has 1 aromatic heterocycles. The number of hydrogen-bond acceptors (Lipinski definition) is 5. The van der Waals surface area contributed by atoms with Crippen molar-refractivity contribution in [3.8, 4) is 0 Å². The first-order valence-electron chi connectivity index (χ1n) is 7.85. The maximum atomic E-state index is 12.2. The van der Waals surface area contributed by atoms with E-state index in [9.17, 15) is 8.42 Å². The molecule has 24 heavy (non-hydrogen) atoms. The molecule has 1 fully saturated rings. The fraction of sp³-hybridized carbons (Fsp3) is 0.733. The molecule has 0 unspecified atom stereocenters. The molecule has 1 aromatic rings. The second kappa shape index (κ2) is 8.03. The minimum absolute atomic E-state index is 0. The first-order valence-corrected chi connectivity index (χ1v) is 9.50. The van der Waals surface area contributed by atoms with Crippen LogP contribution >= 0.6 is 24.0 Å². The van der Waals surface area contributed by atoms with E-state index in [0.717, 1.165) is 29.5 Å². The molecule has 0 bridgehead atoms. The minimum Gasteiger partial charge on any atom is -0.361 e. The predicted molar refractivity (Wildman–Crippen MR) is 106 cm³/mol. The molecule has 2 heterocycles. The van der Waals surface area contributed by atoms with Crippen molar-refractivity contribution in [1.29, 1.82) is 0 Å². The third kappa shape index (κ3) is 4.41. The van der Waals surface area contributed by atoms with Gasteiger partial charge in [-0.2, -0.15) is 0 Å². The number of aryl methyl sites for hydroxylation is 2. The number of aromatic nitrogens is 1. The maximum absolute atomic E-state index is 12.2. The lowest BCUT2D eigenvalue weighted by atomic mass is 10.2. The summed E-state index contributed by atoms with van der Waals surface area (Å²) in [5, 5.41) is 7.19. The van der Waals surface area contributed by atoms with Gasteiger partial charge in [-0.05, 0) is 34.6 Å². The Hall–Kier alpha value is -0.840. The van der Waals surface area contributed by atoms with E-state index in [1.54, 1.807) is 13.8 Å². The summed E-state index contributed by atoms with van der Waals surface area (Å²) in [6, 6.07) is 0. The van der Waals surface area contributed by atoms with Crippen molar-refractivity contribution in [2.24, 2.45) is 4.99 Å². The fourth-order valence-corrected chi connectivity index (χ4v) is 4.00. The van der Waals surface area contributed by atoms with Crippen molar-refractivity contribution in [1.82, 2.24) is 15.4 Å². The zero-order chi connectivity index (χ0) is 17.3. The Balaban J connectivity index is 0.00000288. The number of hydrogen-bond donors (Lipinski definition) is 1. The Morgan fingerprint density at radius 3 is 2.58 bits per heavy atom. The summed E-state index contributed by atoms with van der Waals surface area (Å²) < 4.78 is 28.7. The predicted octanol–water partition coefficient (Wildman–Crippen LogP) is 1.88. The standard InChI is InChI=1S/C15H26N4O3S.HI/c1-6-16-14(17-9-13-11(2)18-22-12(13)3)19-7-8-23(20,21)15(4,5)10-19;/h6-10H2,1-5H3,(H,16,17);1H. The van der Waals surface area contributed by atoms with E-state index in [0.29, 0.717) is 19.6 Å². The van der Waals surface area contributed by atoms with Gasteiger partial charge in [0.1, 0.15) is 5.76 Å². The van der Waals surface area contributed by atoms with Gasteiger partial charge in [-0.1, -0.05) is 5.16 Å². The van der Waals surface area contributed by atoms with Crippen LogP contribution in [0, 0.1) is 13.8 Å². The van der Waals surface area contributed by atoms with Gasteiger partial charge in [0.25, 0.3) is 0 Å². The van der Waals surface area contributed by atoms with Crippen LogP contribution in [-0.4, -0.2) is 54.6 Å². The summed E-state index contributed by atoms with van der Waals surface area (Å²) >= 11 is 0. The average molecular weight is 470 g/mol. The zero-order valence-corrected chi connectivity index (χ0v) is 18.1. The number of nitrogens with zero attached hydrogens (tertiary/aromatic N) is 3. The minimum atomic E-state index is -3.06. The fourth-order valence-electron chi connectivity index (χ4n) is 2.63. The quantitative estimate of drug-likeness (QED) is 0.413. The van der Waals surface area contributed by atoms with Crippen molar-refractivity contribution < 1.29 is 12.9 Å². The number of guanidine groups is 1. The molecule has 1 N–H and O–H groups in total. The number of nitrogens with one attached hydrogen (secondary N) is 1. The van der Waals surface area contributed by atoms with Gasteiger partial charge in [0.2, 0.25) is 0 Å². The van der Waals surface area contributed by atoms with Gasteiger partial charge in [0.05, 0.1) is 22.7 Å². The molecule has 0 atom stereocenters. The molecule has 1 aliphatic rings. The van der Waals surface area contributed by atoms with E-state index in [2.05, 4.69) is 15.5 Å². The molecule has 9 heteroatoms. The van der Waals surface area contributed by atoms with Crippen LogP contribution < -0.4 is 5.32 Å². The first kappa shape index (κ1) is 21.2. The lowest BCUT2D eigenvalue weighted by Crippen LogP contribution is -2.57. The summed E-state index contributed by atoms with van der Waals surface area (Å²) in [5.74, 6) is 1.65. The Labute approximate surface area is 161 Å². The molecular weight excluding hydrogens is 443 g/mol. The lowest BCUT2D eigenvalue weighted by Gasteiger charge is -2.39. The van der Waals surface area contributed by atoms with Crippen molar-refractivity contribution in [3.05, 3.63) is 17.0 Å². The molecule has 0 amide bonds. The SMILES string of the molecule is CCNC(=NCc1c(C)noc1C)N1CCS(=O)(=O)C(C)(C)C1.I. The Morgan fingerprint density at radius 2 is 2.08 bits per heavy atom. The second-order valence-electron chi connectivity index (χ2n) is 6.47. The van der Waals surface area contributed by atoms with Gasteiger partial charge in [-0.3, -0.25) is 0 Å². The van der Waals surface area contributed by atoms with Gasteiger partial charge in [0.15, 0.2) is 15.8 Å². The highest BCUT2D eigenvalue weighted by molar-refractivity contribution is 14.0. The van der Waals surface area contributed by atoms with E-state index >= 15 is 0 Å². The van der Waals surface area contributed by atoms with Crippen LogP contribution in [0.3, 0.4) is 0 Å². The molecule has 0 saturated carbocycles. The van der Waals surface area contributed by atoms with E-state index in [1.165, 1.54) is 0 Å². The molecule has 1 aliphatic heterocycles. The highest BCUT2D eigenvalue weighted by Crippen LogP contribution is 2.24. The largest absolute Gasteiger partial charge is 0.361 e. The number of aliphatic imine (C=N–C) groups is 1. The van der Waals surface area contributed by atoms with E-state index < -0.39 is 14.6 Å². The van der Waals surface area contributed by atoms with Gasteiger partial charge in [0, 0.05) is 25.2 Å². The van der Waals surface area contributed by atoms with Crippen molar-refractivity contribution >= 4 is 39.8 Å². The molecule has 0 aromatic carbocycles. The van der Waals surface area contributed by atoms with Crippen LogP contribution in [0.15, 0.2) is 9.52 Å². The number of halogens is 1. The third-order valence-corrected chi connectivity index (χ3v) is 6.78.